The summed E-state index contributed by atoms with van der Waals surface area (Å²) in [5.74, 6) is 0.657. The smallest absolute Gasteiger partial charge is 0.256 e. The van der Waals surface area contributed by atoms with Gasteiger partial charge in [0, 0.05) is 31.9 Å². The van der Waals surface area contributed by atoms with Crippen LogP contribution < -0.4 is 10.5 Å². The van der Waals surface area contributed by atoms with E-state index in [-0.39, 0.29) is 5.91 Å². The van der Waals surface area contributed by atoms with Gasteiger partial charge in [-0.15, -0.1) is 0 Å². The molecule has 0 saturated carbocycles. The highest BCUT2D eigenvalue weighted by Crippen LogP contribution is 2.21. The van der Waals surface area contributed by atoms with E-state index in [0.717, 1.165) is 39.1 Å². The van der Waals surface area contributed by atoms with Crippen LogP contribution in [0.25, 0.3) is 0 Å². The standard InChI is InChI=1S/C15H23N3O2/c1-3-6-17-7-9-18(10-8-17)15(19)13-11-12(20-2)4-5-14(13)16/h4-5,11H,3,6-10,16H2,1-2H3. The molecule has 2 N–H and O–H groups in total. The number of amides is 1. The molecule has 0 bridgehead atoms. The van der Waals surface area contributed by atoms with Crippen molar-refractivity contribution in [1.29, 1.82) is 0 Å². The van der Waals surface area contributed by atoms with Crippen LogP contribution in [0.15, 0.2) is 18.2 Å². The molecule has 1 aliphatic heterocycles. The van der Waals surface area contributed by atoms with Crippen molar-refractivity contribution in [3.05, 3.63) is 23.8 Å². The number of piperazine rings is 1. The number of anilines is 1. The van der Waals surface area contributed by atoms with Gasteiger partial charge >= 0.3 is 0 Å². The number of hydrogen-bond donors (Lipinski definition) is 1. The van der Waals surface area contributed by atoms with Gasteiger partial charge in [-0.25, -0.2) is 0 Å². The summed E-state index contributed by atoms with van der Waals surface area (Å²) in [6.45, 7) is 6.66. The number of carbonyl (C=O) groups excluding carboxylic acids is 1. The Kier molecular flexibility index (Phi) is 4.84. The molecule has 1 heterocycles. The molecule has 1 aliphatic rings. The van der Waals surface area contributed by atoms with Crippen molar-refractivity contribution in [3.63, 3.8) is 0 Å². The maximum Gasteiger partial charge on any atom is 0.256 e. The van der Waals surface area contributed by atoms with Crippen LogP contribution in [-0.2, 0) is 0 Å². The number of methoxy groups -OCH3 is 1. The van der Waals surface area contributed by atoms with E-state index in [4.69, 9.17) is 10.5 Å². The van der Waals surface area contributed by atoms with Crippen molar-refractivity contribution in [1.82, 2.24) is 9.80 Å². The molecule has 1 aromatic rings. The number of ether oxygens (including phenoxy) is 1. The fourth-order valence-corrected chi connectivity index (χ4v) is 2.51. The van der Waals surface area contributed by atoms with Crippen molar-refractivity contribution in [2.24, 2.45) is 0 Å². The molecule has 0 radical (unpaired) electrons. The molecule has 1 fully saturated rings. The molecule has 1 aromatic carbocycles. The van der Waals surface area contributed by atoms with Crippen LogP contribution in [0.1, 0.15) is 23.7 Å². The average molecular weight is 277 g/mol. The lowest BCUT2D eigenvalue weighted by Crippen LogP contribution is -2.48. The minimum absolute atomic E-state index is 0.00227. The van der Waals surface area contributed by atoms with Gasteiger partial charge in [-0.2, -0.15) is 0 Å². The third kappa shape index (κ3) is 3.22. The molecule has 0 aromatic heterocycles. The van der Waals surface area contributed by atoms with E-state index < -0.39 is 0 Å². The van der Waals surface area contributed by atoms with Gasteiger partial charge in [0.25, 0.3) is 5.91 Å². The summed E-state index contributed by atoms with van der Waals surface area (Å²) in [5.41, 5.74) is 6.95. The summed E-state index contributed by atoms with van der Waals surface area (Å²) in [6.07, 6.45) is 1.15. The lowest BCUT2D eigenvalue weighted by atomic mass is 10.1. The quantitative estimate of drug-likeness (QED) is 0.846. The summed E-state index contributed by atoms with van der Waals surface area (Å²) in [6, 6.07) is 5.21. The highest BCUT2D eigenvalue weighted by molar-refractivity contribution is 5.99. The molecule has 2 rings (SSSR count). The van der Waals surface area contributed by atoms with E-state index in [1.54, 1.807) is 25.3 Å². The summed E-state index contributed by atoms with van der Waals surface area (Å²) < 4.78 is 5.16. The van der Waals surface area contributed by atoms with E-state index >= 15 is 0 Å². The highest BCUT2D eigenvalue weighted by Gasteiger charge is 2.23. The Labute approximate surface area is 120 Å². The zero-order valence-electron chi connectivity index (χ0n) is 12.3. The normalized spacial score (nSPS) is 16.2. The highest BCUT2D eigenvalue weighted by atomic mass is 16.5. The van der Waals surface area contributed by atoms with Crippen LogP contribution in [0.5, 0.6) is 5.75 Å². The summed E-state index contributed by atoms with van der Waals surface area (Å²) >= 11 is 0. The molecule has 20 heavy (non-hydrogen) atoms. The van der Waals surface area contributed by atoms with Gasteiger partial charge in [-0.05, 0) is 31.2 Å². The predicted octanol–water partition coefficient (Wildman–Crippen LogP) is 1.45. The van der Waals surface area contributed by atoms with E-state index in [1.165, 1.54) is 0 Å². The first-order valence-electron chi connectivity index (χ1n) is 7.11. The van der Waals surface area contributed by atoms with E-state index in [1.807, 2.05) is 4.90 Å². The second-order valence-corrected chi connectivity index (χ2v) is 5.09. The predicted molar refractivity (Wildman–Crippen MR) is 80.0 cm³/mol. The average Bonchev–Trinajstić information content (AvgIpc) is 2.48. The van der Waals surface area contributed by atoms with Gasteiger partial charge in [0.1, 0.15) is 5.75 Å². The summed E-state index contributed by atoms with van der Waals surface area (Å²) in [7, 11) is 1.59. The minimum atomic E-state index is -0.00227. The Morgan fingerprint density at radius 3 is 2.60 bits per heavy atom. The molecule has 0 unspecified atom stereocenters. The summed E-state index contributed by atoms with van der Waals surface area (Å²) in [5, 5.41) is 0. The molecule has 5 nitrogen and oxygen atoms in total. The number of benzene rings is 1. The van der Waals surface area contributed by atoms with Crippen molar-refractivity contribution in [3.8, 4) is 5.75 Å². The van der Waals surface area contributed by atoms with E-state index in [9.17, 15) is 4.79 Å². The maximum atomic E-state index is 12.5. The number of nitrogens with zero attached hydrogens (tertiary/aromatic N) is 2. The van der Waals surface area contributed by atoms with Gasteiger partial charge in [0.2, 0.25) is 0 Å². The number of carbonyl (C=O) groups is 1. The molecule has 5 heteroatoms. The topological polar surface area (TPSA) is 58.8 Å². The molecule has 110 valence electrons. The fraction of sp³-hybridized carbons (Fsp3) is 0.533. The lowest BCUT2D eigenvalue weighted by Gasteiger charge is -2.34. The number of hydrogen-bond acceptors (Lipinski definition) is 4. The third-order valence-electron chi connectivity index (χ3n) is 3.69. The zero-order chi connectivity index (χ0) is 14.5. The van der Waals surface area contributed by atoms with Crippen LogP contribution in [0.2, 0.25) is 0 Å². The Morgan fingerprint density at radius 2 is 2.00 bits per heavy atom. The Hall–Kier alpha value is -1.75. The largest absolute Gasteiger partial charge is 0.497 e. The summed E-state index contributed by atoms with van der Waals surface area (Å²) in [4.78, 5) is 16.8. The van der Waals surface area contributed by atoms with E-state index in [0.29, 0.717) is 17.0 Å². The Bertz CT molecular complexity index is 468. The van der Waals surface area contributed by atoms with Crippen molar-refractivity contribution >= 4 is 11.6 Å². The maximum absolute atomic E-state index is 12.5. The number of nitrogen functional groups attached to an aromatic ring is 1. The van der Waals surface area contributed by atoms with Crippen molar-refractivity contribution in [2.45, 2.75) is 13.3 Å². The number of rotatable bonds is 4. The Balaban J connectivity index is 2.05. The van der Waals surface area contributed by atoms with Crippen molar-refractivity contribution in [2.75, 3.05) is 45.6 Å². The molecular formula is C15H23N3O2. The molecular weight excluding hydrogens is 254 g/mol. The van der Waals surface area contributed by atoms with Crippen LogP contribution in [0.4, 0.5) is 5.69 Å². The molecule has 1 saturated heterocycles. The molecule has 0 aliphatic carbocycles. The minimum Gasteiger partial charge on any atom is -0.497 e. The van der Waals surface area contributed by atoms with Crippen LogP contribution in [0.3, 0.4) is 0 Å². The van der Waals surface area contributed by atoms with Gasteiger partial charge < -0.3 is 15.4 Å². The second kappa shape index (κ2) is 6.61. The van der Waals surface area contributed by atoms with Gasteiger partial charge in [0.05, 0.1) is 12.7 Å². The first kappa shape index (κ1) is 14.7. The van der Waals surface area contributed by atoms with Gasteiger partial charge in [-0.1, -0.05) is 6.92 Å². The van der Waals surface area contributed by atoms with Crippen LogP contribution in [-0.4, -0.2) is 55.5 Å². The SMILES string of the molecule is CCCN1CCN(C(=O)c2cc(OC)ccc2N)CC1. The fourth-order valence-electron chi connectivity index (χ4n) is 2.51. The monoisotopic (exact) mass is 277 g/mol. The van der Waals surface area contributed by atoms with Gasteiger partial charge in [0.15, 0.2) is 0 Å². The third-order valence-corrected chi connectivity index (χ3v) is 3.69. The van der Waals surface area contributed by atoms with Crippen LogP contribution in [0, 0.1) is 0 Å². The Morgan fingerprint density at radius 1 is 1.30 bits per heavy atom. The first-order chi connectivity index (χ1) is 9.65. The van der Waals surface area contributed by atoms with Gasteiger partial charge in [-0.3, -0.25) is 9.69 Å². The molecule has 1 amide bonds. The molecule has 0 spiro atoms. The first-order valence-corrected chi connectivity index (χ1v) is 7.11. The zero-order valence-corrected chi connectivity index (χ0v) is 12.3. The van der Waals surface area contributed by atoms with Crippen molar-refractivity contribution < 1.29 is 9.53 Å². The molecule has 0 atom stereocenters. The lowest BCUT2D eigenvalue weighted by molar-refractivity contribution is 0.0638. The van der Waals surface area contributed by atoms with E-state index in [2.05, 4.69) is 11.8 Å². The number of nitrogens with two attached hydrogens (primary N) is 1. The second-order valence-electron chi connectivity index (χ2n) is 5.09. The van der Waals surface area contributed by atoms with Crippen LogP contribution >= 0.6 is 0 Å².